The smallest absolute Gasteiger partial charge is 0.321 e. The number of ether oxygens (including phenoxy) is 1. The topological polar surface area (TPSA) is 85.7 Å². The largest absolute Gasteiger partial charge is 0.424 e. The van der Waals surface area contributed by atoms with Gasteiger partial charge in [-0.15, -0.1) is 11.3 Å². The molecule has 9 heteroatoms. The number of halogens is 1. The van der Waals surface area contributed by atoms with Crippen LogP contribution in [0.3, 0.4) is 0 Å². The minimum absolute atomic E-state index is 0.256. The molecule has 0 saturated carbocycles. The molecule has 27 heavy (non-hydrogen) atoms. The Hall–Kier alpha value is -2.97. The van der Waals surface area contributed by atoms with E-state index in [0.717, 1.165) is 10.6 Å². The Labute approximate surface area is 163 Å². The lowest BCUT2D eigenvalue weighted by Gasteiger charge is -2.10. The summed E-state index contributed by atoms with van der Waals surface area (Å²) in [5.41, 5.74) is 1.34. The van der Waals surface area contributed by atoms with Gasteiger partial charge in [0, 0.05) is 24.5 Å². The Balaban J connectivity index is 1.33. The standard InChI is InChI=1S/C18H13ClN4O3S/c19-16-7-6-15(27-16)13-10-14(26-23-13)17(24)22-11-2-4-12(5-3-11)25-18-20-8-1-9-21-18/h1-9,14H,10H2,(H,22,24)/t14-/m0/s1. The van der Waals surface area contributed by atoms with Crippen molar-refractivity contribution in [1.82, 2.24) is 9.97 Å². The molecule has 0 unspecified atom stereocenters. The van der Waals surface area contributed by atoms with Gasteiger partial charge in [-0.3, -0.25) is 4.79 Å². The maximum atomic E-state index is 12.4. The summed E-state index contributed by atoms with van der Waals surface area (Å²) in [4.78, 5) is 26.5. The number of hydrogen-bond donors (Lipinski definition) is 1. The van der Waals surface area contributed by atoms with Crippen LogP contribution in [0.4, 0.5) is 5.69 Å². The number of aromatic nitrogens is 2. The molecule has 136 valence electrons. The molecule has 0 aliphatic carbocycles. The van der Waals surface area contributed by atoms with E-state index in [2.05, 4.69) is 20.4 Å². The fraction of sp³-hybridized carbons (Fsp3) is 0.111. The van der Waals surface area contributed by atoms with Gasteiger partial charge in [-0.05, 0) is 42.5 Å². The highest BCUT2D eigenvalue weighted by Crippen LogP contribution is 2.27. The monoisotopic (exact) mass is 400 g/mol. The minimum Gasteiger partial charge on any atom is -0.424 e. The Bertz CT molecular complexity index is 976. The number of thiophene rings is 1. The highest BCUT2D eigenvalue weighted by molar-refractivity contribution is 7.18. The molecular formula is C18H13ClN4O3S. The van der Waals surface area contributed by atoms with E-state index in [-0.39, 0.29) is 11.9 Å². The van der Waals surface area contributed by atoms with Crippen molar-refractivity contribution in [3.63, 3.8) is 0 Å². The van der Waals surface area contributed by atoms with Crippen LogP contribution < -0.4 is 10.1 Å². The van der Waals surface area contributed by atoms with Crippen LogP contribution in [0.15, 0.2) is 60.0 Å². The van der Waals surface area contributed by atoms with Crippen molar-refractivity contribution in [1.29, 1.82) is 0 Å². The molecular weight excluding hydrogens is 388 g/mol. The van der Waals surface area contributed by atoms with Crippen LogP contribution in [0.5, 0.6) is 11.8 Å². The lowest BCUT2D eigenvalue weighted by atomic mass is 10.1. The molecule has 1 aliphatic rings. The zero-order valence-electron chi connectivity index (χ0n) is 13.8. The maximum Gasteiger partial charge on any atom is 0.321 e. The third-order valence-corrected chi connectivity index (χ3v) is 4.97. The number of oxime groups is 1. The van der Waals surface area contributed by atoms with Crippen molar-refractivity contribution < 1.29 is 14.4 Å². The highest BCUT2D eigenvalue weighted by Gasteiger charge is 2.29. The fourth-order valence-corrected chi connectivity index (χ4v) is 3.44. The maximum absolute atomic E-state index is 12.4. The van der Waals surface area contributed by atoms with Crippen LogP contribution in [-0.2, 0) is 9.63 Å². The number of benzene rings is 1. The van der Waals surface area contributed by atoms with Crippen LogP contribution in [0, 0.1) is 0 Å². The van der Waals surface area contributed by atoms with Crippen LogP contribution >= 0.6 is 22.9 Å². The van der Waals surface area contributed by atoms with E-state index in [1.54, 1.807) is 48.8 Å². The van der Waals surface area contributed by atoms with Gasteiger partial charge in [-0.25, -0.2) is 9.97 Å². The fourth-order valence-electron chi connectivity index (χ4n) is 2.41. The Morgan fingerprint density at radius 3 is 2.67 bits per heavy atom. The van der Waals surface area contributed by atoms with Crippen molar-refractivity contribution in [3.05, 3.63) is 64.1 Å². The third-order valence-electron chi connectivity index (χ3n) is 3.69. The molecule has 7 nitrogen and oxygen atoms in total. The van der Waals surface area contributed by atoms with E-state index in [0.29, 0.717) is 22.2 Å². The van der Waals surface area contributed by atoms with Gasteiger partial charge in [0.15, 0.2) is 0 Å². The summed E-state index contributed by atoms with van der Waals surface area (Å²) in [6, 6.07) is 12.5. The SMILES string of the molecule is O=C(Nc1ccc(Oc2ncccn2)cc1)[C@@H]1CC(c2ccc(Cl)s2)=NO1. The van der Waals surface area contributed by atoms with Gasteiger partial charge in [0.25, 0.3) is 5.91 Å². The summed E-state index contributed by atoms with van der Waals surface area (Å²) in [6.45, 7) is 0. The molecule has 0 saturated heterocycles. The minimum atomic E-state index is -0.672. The van der Waals surface area contributed by atoms with Crippen molar-refractivity contribution in [3.8, 4) is 11.8 Å². The third kappa shape index (κ3) is 4.24. The quantitative estimate of drug-likeness (QED) is 0.696. The lowest BCUT2D eigenvalue weighted by Crippen LogP contribution is -2.27. The lowest BCUT2D eigenvalue weighted by molar-refractivity contribution is -0.125. The molecule has 0 fully saturated rings. The van der Waals surface area contributed by atoms with Crippen molar-refractivity contribution >= 4 is 40.2 Å². The Kier molecular flexibility index (Phi) is 4.99. The van der Waals surface area contributed by atoms with Gasteiger partial charge in [-0.1, -0.05) is 16.8 Å². The zero-order chi connectivity index (χ0) is 18.6. The Morgan fingerprint density at radius 2 is 1.96 bits per heavy atom. The molecule has 3 heterocycles. The van der Waals surface area contributed by atoms with E-state index < -0.39 is 6.10 Å². The van der Waals surface area contributed by atoms with Crippen LogP contribution in [0.1, 0.15) is 11.3 Å². The van der Waals surface area contributed by atoms with E-state index in [4.69, 9.17) is 21.2 Å². The molecule has 1 aromatic carbocycles. The molecule has 0 bridgehead atoms. The predicted octanol–water partition coefficient (Wildman–Crippen LogP) is 4.12. The van der Waals surface area contributed by atoms with Gasteiger partial charge < -0.3 is 14.9 Å². The molecule has 1 atom stereocenters. The number of anilines is 1. The van der Waals surface area contributed by atoms with Crippen molar-refractivity contribution in [2.24, 2.45) is 5.16 Å². The summed E-state index contributed by atoms with van der Waals surface area (Å²) in [5.74, 6) is 0.299. The van der Waals surface area contributed by atoms with E-state index in [9.17, 15) is 4.79 Å². The summed E-state index contributed by atoms with van der Waals surface area (Å²) >= 11 is 7.34. The summed E-state index contributed by atoms with van der Waals surface area (Å²) < 4.78 is 6.19. The Morgan fingerprint density at radius 1 is 1.19 bits per heavy atom. The summed E-state index contributed by atoms with van der Waals surface area (Å²) in [7, 11) is 0. The van der Waals surface area contributed by atoms with E-state index in [1.165, 1.54) is 11.3 Å². The second kappa shape index (κ2) is 7.73. The first-order valence-electron chi connectivity index (χ1n) is 8.01. The first-order valence-corrected chi connectivity index (χ1v) is 9.21. The normalized spacial score (nSPS) is 15.7. The number of carbonyl (C=O) groups is 1. The summed E-state index contributed by atoms with van der Waals surface area (Å²) in [5, 5.41) is 6.80. The van der Waals surface area contributed by atoms with Gasteiger partial charge >= 0.3 is 6.01 Å². The molecule has 0 radical (unpaired) electrons. The second-order valence-electron chi connectivity index (χ2n) is 5.59. The average molecular weight is 401 g/mol. The van der Waals surface area contributed by atoms with Crippen LogP contribution in [-0.4, -0.2) is 27.7 Å². The van der Waals surface area contributed by atoms with Gasteiger partial charge in [0.1, 0.15) is 11.5 Å². The average Bonchev–Trinajstić information content (AvgIpc) is 3.33. The molecule has 1 amide bonds. The first-order chi connectivity index (χ1) is 13.2. The predicted molar refractivity (Wildman–Crippen MR) is 103 cm³/mol. The highest BCUT2D eigenvalue weighted by atomic mass is 35.5. The number of rotatable bonds is 5. The number of carbonyl (C=O) groups excluding carboxylic acids is 1. The molecule has 2 aromatic heterocycles. The number of nitrogens with one attached hydrogen (secondary N) is 1. The van der Waals surface area contributed by atoms with Crippen molar-refractivity contribution in [2.75, 3.05) is 5.32 Å². The van der Waals surface area contributed by atoms with Crippen LogP contribution in [0.25, 0.3) is 0 Å². The molecule has 4 rings (SSSR count). The number of hydrogen-bond acceptors (Lipinski definition) is 7. The summed E-state index contributed by atoms with van der Waals surface area (Å²) in [6.07, 6.45) is 2.92. The molecule has 0 spiro atoms. The van der Waals surface area contributed by atoms with Gasteiger partial charge in [0.05, 0.1) is 9.21 Å². The van der Waals surface area contributed by atoms with E-state index in [1.807, 2.05) is 6.07 Å². The second-order valence-corrected chi connectivity index (χ2v) is 7.30. The molecule has 1 aliphatic heterocycles. The van der Waals surface area contributed by atoms with Crippen LogP contribution in [0.2, 0.25) is 4.34 Å². The van der Waals surface area contributed by atoms with Gasteiger partial charge in [-0.2, -0.15) is 0 Å². The number of nitrogens with zero attached hydrogens (tertiary/aromatic N) is 3. The first kappa shape index (κ1) is 17.4. The zero-order valence-corrected chi connectivity index (χ0v) is 15.4. The number of amides is 1. The van der Waals surface area contributed by atoms with Crippen molar-refractivity contribution in [2.45, 2.75) is 12.5 Å². The van der Waals surface area contributed by atoms with Gasteiger partial charge in [0.2, 0.25) is 6.10 Å². The molecule has 3 aromatic rings. The van der Waals surface area contributed by atoms with E-state index >= 15 is 0 Å². The molecule has 1 N–H and O–H groups in total.